The van der Waals surface area contributed by atoms with E-state index < -0.39 is 0 Å². The van der Waals surface area contributed by atoms with Crippen LogP contribution < -0.4 is 19.6 Å². The Morgan fingerprint density at radius 2 is 1.86 bits per heavy atom. The van der Waals surface area contributed by atoms with Crippen molar-refractivity contribution in [1.29, 1.82) is 0 Å². The highest BCUT2D eigenvalue weighted by molar-refractivity contribution is 7.99. The molecule has 0 aliphatic rings. The van der Waals surface area contributed by atoms with E-state index in [1.165, 1.54) is 32.2 Å². The molecule has 9 heteroatoms. The molecule has 0 saturated carbocycles. The van der Waals surface area contributed by atoms with Gasteiger partial charge in [-0.25, -0.2) is 10.4 Å². The summed E-state index contributed by atoms with van der Waals surface area (Å²) < 4.78 is 21.4. The number of rotatable bonds is 8. The highest BCUT2D eigenvalue weighted by Gasteiger charge is 2.11. The molecule has 0 aliphatic carbocycles. The molecule has 2 aromatic carbocycles. The van der Waals surface area contributed by atoms with Crippen LogP contribution in [0.4, 0.5) is 0 Å². The number of nitrogens with zero attached hydrogens (tertiary/aromatic N) is 2. The van der Waals surface area contributed by atoms with Crippen LogP contribution in [-0.4, -0.2) is 44.2 Å². The highest BCUT2D eigenvalue weighted by Crippen LogP contribution is 2.33. The van der Waals surface area contributed by atoms with Gasteiger partial charge in [0.15, 0.2) is 17.1 Å². The number of hydrazone groups is 1. The molecule has 0 saturated heterocycles. The van der Waals surface area contributed by atoms with E-state index in [9.17, 15) is 4.79 Å². The summed E-state index contributed by atoms with van der Waals surface area (Å²) in [5.41, 5.74) is 4.53. The average molecular weight is 401 g/mol. The molecule has 28 heavy (non-hydrogen) atoms. The summed E-state index contributed by atoms with van der Waals surface area (Å²) in [5, 5.41) is 4.40. The van der Waals surface area contributed by atoms with Gasteiger partial charge in [0.2, 0.25) is 0 Å². The number of oxazole rings is 1. The van der Waals surface area contributed by atoms with Gasteiger partial charge >= 0.3 is 0 Å². The second-order valence-corrected chi connectivity index (χ2v) is 6.41. The van der Waals surface area contributed by atoms with Gasteiger partial charge in [0.05, 0.1) is 33.3 Å². The number of ether oxygens (including phenoxy) is 3. The molecule has 1 aromatic heterocycles. The first-order valence-corrected chi connectivity index (χ1v) is 9.23. The van der Waals surface area contributed by atoms with E-state index in [4.69, 9.17) is 18.6 Å². The van der Waals surface area contributed by atoms with Gasteiger partial charge in [-0.2, -0.15) is 5.10 Å². The molecule has 0 fully saturated rings. The van der Waals surface area contributed by atoms with Crippen LogP contribution in [0.15, 0.2) is 51.1 Å². The number of aromatic nitrogens is 1. The lowest BCUT2D eigenvalue weighted by Crippen LogP contribution is -2.19. The molecule has 1 N–H and O–H groups in total. The Morgan fingerprint density at radius 1 is 1.14 bits per heavy atom. The molecular weight excluding hydrogens is 382 g/mol. The zero-order valence-electron chi connectivity index (χ0n) is 15.6. The van der Waals surface area contributed by atoms with Crippen molar-refractivity contribution in [3.05, 3.63) is 42.0 Å². The monoisotopic (exact) mass is 401 g/mol. The SMILES string of the molecule is COc1cc(OC)c(OC)cc1C=NNC(=O)CSc1nc2ccccc2o1. The first-order valence-electron chi connectivity index (χ1n) is 8.25. The van der Waals surface area contributed by atoms with Crippen molar-refractivity contribution in [3.8, 4) is 17.2 Å². The average Bonchev–Trinajstić information content (AvgIpc) is 3.14. The van der Waals surface area contributed by atoms with Crippen molar-refractivity contribution in [1.82, 2.24) is 10.4 Å². The maximum atomic E-state index is 12.0. The Hall–Kier alpha value is -3.20. The third-order valence-corrected chi connectivity index (χ3v) is 4.56. The minimum Gasteiger partial charge on any atom is -0.496 e. The van der Waals surface area contributed by atoms with Crippen molar-refractivity contribution < 1.29 is 23.4 Å². The molecule has 0 radical (unpaired) electrons. The normalized spacial score (nSPS) is 11.0. The van der Waals surface area contributed by atoms with E-state index in [0.717, 1.165) is 5.52 Å². The van der Waals surface area contributed by atoms with Crippen molar-refractivity contribution in [2.45, 2.75) is 5.22 Å². The first-order chi connectivity index (χ1) is 13.6. The minimum absolute atomic E-state index is 0.118. The third kappa shape index (κ3) is 4.55. The summed E-state index contributed by atoms with van der Waals surface area (Å²) in [6.45, 7) is 0. The number of thioether (sulfide) groups is 1. The maximum absolute atomic E-state index is 12.0. The van der Waals surface area contributed by atoms with Gasteiger partial charge in [-0.05, 0) is 18.2 Å². The predicted molar refractivity (Wildman–Crippen MR) is 107 cm³/mol. The fraction of sp³-hybridized carbons (Fsp3) is 0.211. The quantitative estimate of drug-likeness (QED) is 0.352. The van der Waals surface area contributed by atoms with Crippen LogP contribution in [0, 0.1) is 0 Å². The number of methoxy groups -OCH3 is 3. The van der Waals surface area contributed by atoms with Gasteiger partial charge in [0, 0.05) is 11.6 Å². The molecule has 146 valence electrons. The number of nitrogens with one attached hydrogen (secondary N) is 1. The number of amides is 1. The van der Waals surface area contributed by atoms with E-state index in [-0.39, 0.29) is 11.7 Å². The zero-order valence-corrected chi connectivity index (χ0v) is 16.4. The molecule has 1 heterocycles. The lowest BCUT2D eigenvalue weighted by Gasteiger charge is -2.11. The van der Waals surface area contributed by atoms with Gasteiger partial charge in [-0.15, -0.1) is 0 Å². The van der Waals surface area contributed by atoms with Gasteiger partial charge in [-0.3, -0.25) is 4.79 Å². The van der Waals surface area contributed by atoms with Crippen molar-refractivity contribution >= 4 is 35.0 Å². The van der Waals surface area contributed by atoms with Crippen LogP contribution in [-0.2, 0) is 4.79 Å². The maximum Gasteiger partial charge on any atom is 0.257 e. The van der Waals surface area contributed by atoms with E-state index in [2.05, 4.69) is 15.5 Å². The Bertz CT molecular complexity index is 969. The van der Waals surface area contributed by atoms with Crippen molar-refractivity contribution in [2.24, 2.45) is 5.10 Å². The number of benzene rings is 2. The molecule has 0 unspecified atom stereocenters. The van der Waals surface area contributed by atoms with E-state index >= 15 is 0 Å². The van der Waals surface area contributed by atoms with E-state index in [0.29, 0.717) is 33.6 Å². The van der Waals surface area contributed by atoms with Crippen LogP contribution in [0.1, 0.15) is 5.56 Å². The molecule has 0 bridgehead atoms. The standard InChI is InChI=1S/C19H19N3O5S/c1-24-15-9-17(26-3)16(25-2)8-12(15)10-20-22-18(23)11-28-19-21-13-6-4-5-7-14(13)27-19/h4-10H,11H2,1-3H3,(H,22,23). The number of carbonyl (C=O) groups excluding carboxylic acids is 1. The molecule has 1 amide bonds. The van der Waals surface area contributed by atoms with E-state index in [1.807, 2.05) is 24.3 Å². The van der Waals surface area contributed by atoms with E-state index in [1.54, 1.807) is 19.2 Å². The summed E-state index contributed by atoms with van der Waals surface area (Å²) in [4.78, 5) is 16.3. The summed E-state index contributed by atoms with van der Waals surface area (Å²) in [6, 6.07) is 10.8. The number of hydrogen-bond donors (Lipinski definition) is 1. The predicted octanol–water partition coefficient (Wildman–Crippen LogP) is 3.10. The molecule has 0 spiro atoms. The van der Waals surface area contributed by atoms with Gasteiger partial charge in [0.25, 0.3) is 11.1 Å². The number of fused-ring (bicyclic) bond motifs is 1. The number of hydrogen-bond acceptors (Lipinski definition) is 8. The second-order valence-electron chi connectivity index (χ2n) is 5.48. The van der Waals surface area contributed by atoms with Crippen LogP contribution in [0.25, 0.3) is 11.1 Å². The summed E-state index contributed by atoms with van der Waals surface area (Å²) in [6.07, 6.45) is 1.47. The molecule has 3 rings (SSSR count). The Kier molecular flexibility index (Phi) is 6.38. The number of para-hydroxylation sites is 2. The van der Waals surface area contributed by atoms with Crippen LogP contribution >= 0.6 is 11.8 Å². The highest BCUT2D eigenvalue weighted by atomic mass is 32.2. The fourth-order valence-corrected chi connectivity index (χ4v) is 3.03. The lowest BCUT2D eigenvalue weighted by atomic mass is 10.2. The fourth-order valence-electron chi connectivity index (χ4n) is 2.40. The summed E-state index contributed by atoms with van der Waals surface area (Å²) >= 11 is 1.19. The van der Waals surface area contributed by atoms with Crippen LogP contribution in [0.2, 0.25) is 0 Å². The molecule has 3 aromatic rings. The smallest absolute Gasteiger partial charge is 0.257 e. The van der Waals surface area contributed by atoms with Crippen LogP contribution in [0.5, 0.6) is 17.2 Å². The second kappa shape index (κ2) is 9.14. The topological polar surface area (TPSA) is 95.2 Å². The Labute approximate surface area is 165 Å². The minimum atomic E-state index is -0.289. The van der Waals surface area contributed by atoms with Gasteiger partial charge in [-0.1, -0.05) is 23.9 Å². The van der Waals surface area contributed by atoms with Crippen molar-refractivity contribution in [2.75, 3.05) is 27.1 Å². The molecule has 8 nitrogen and oxygen atoms in total. The molecule has 0 aliphatic heterocycles. The molecular formula is C19H19N3O5S. The third-order valence-electron chi connectivity index (χ3n) is 3.73. The van der Waals surface area contributed by atoms with Crippen molar-refractivity contribution in [3.63, 3.8) is 0 Å². The summed E-state index contributed by atoms with van der Waals surface area (Å²) in [7, 11) is 4.62. The number of carbonyl (C=O) groups is 1. The lowest BCUT2D eigenvalue weighted by molar-refractivity contribution is -0.118. The first kappa shape index (κ1) is 19.6. The largest absolute Gasteiger partial charge is 0.496 e. The summed E-state index contributed by atoms with van der Waals surface area (Å²) in [5.74, 6) is 1.44. The zero-order chi connectivity index (χ0) is 19.9. The van der Waals surface area contributed by atoms with Gasteiger partial charge in [0.1, 0.15) is 11.3 Å². The van der Waals surface area contributed by atoms with Gasteiger partial charge < -0.3 is 18.6 Å². The van der Waals surface area contributed by atoms with Crippen LogP contribution in [0.3, 0.4) is 0 Å². The molecule has 0 atom stereocenters. The Morgan fingerprint density at radius 3 is 2.57 bits per heavy atom. The Balaban J connectivity index is 1.60.